The van der Waals surface area contributed by atoms with Crippen molar-refractivity contribution in [3.8, 4) is 0 Å². The normalized spacial score (nSPS) is 21.6. The molecular weight excluding hydrogens is 328 g/mol. The van der Waals surface area contributed by atoms with E-state index in [0.717, 1.165) is 44.9 Å². The van der Waals surface area contributed by atoms with Gasteiger partial charge in [-0.05, 0) is 30.8 Å². The SMILES string of the molecule is CCCCC(C)(C)[C@H](O)/C=C/[C@@H]1C=CC(=O)[C@@H]1CCCCCCC(=O)O. The summed E-state index contributed by atoms with van der Waals surface area (Å²) in [5.74, 6) is -0.537. The molecule has 0 aromatic rings. The summed E-state index contributed by atoms with van der Waals surface area (Å²) in [7, 11) is 0. The molecule has 26 heavy (non-hydrogen) atoms. The van der Waals surface area contributed by atoms with E-state index in [0.29, 0.717) is 6.42 Å². The zero-order valence-corrected chi connectivity index (χ0v) is 16.6. The van der Waals surface area contributed by atoms with Gasteiger partial charge in [0.25, 0.3) is 0 Å². The van der Waals surface area contributed by atoms with Crippen molar-refractivity contribution in [3.05, 3.63) is 24.3 Å². The Morgan fingerprint density at radius 2 is 1.92 bits per heavy atom. The molecule has 0 amide bonds. The quantitative estimate of drug-likeness (QED) is 0.359. The number of unbranched alkanes of at least 4 members (excludes halogenated alkanes) is 4. The van der Waals surface area contributed by atoms with Crippen molar-refractivity contribution in [2.75, 3.05) is 0 Å². The van der Waals surface area contributed by atoms with Gasteiger partial charge in [-0.2, -0.15) is 0 Å². The van der Waals surface area contributed by atoms with Crippen LogP contribution in [0.3, 0.4) is 0 Å². The third kappa shape index (κ3) is 7.86. The fourth-order valence-electron chi connectivity index (χ4n) is 3.45. The second kappa shape index (κ2) is 11.3. The number of allylic oxidation sites excluding steroid dienone is 3. The van der Waals surface area contributed by atoms with Crippen LogP contribution in [-0.4, -0.2) is 28.1 Å². The second-order valence-corrected chi connectivity index (χ2v) is 8.21. The fourth-order valence-corrected chi connectivity index (χ4v) is 3.45. The van der Waals surface area contributed by atoms with Crippen LogP contribution in [0.25, 0.3) is 0 Å². The smallest absolute Gasteiger partial charge is 0.303 e. The number of carbonyl (C=O) groups is 2. The van der Waals surface area contributed by atoms with Gasteiger partial charge in [-0.25, -0.2) is 0 Å². The van der Waals surface area contributed by atoms with Gasteiger partial charge in [0.05, 0.1) is 6.10 Å². The molecule has 0 aromatic carbocycles. The molecule has 0 saturated heterocycles. The number of carboxylic acid groups (broad SMARTS) is 1. The van der Waals surface area contributed by atoms with Crippen LogP contribution in [0.1, 0.15) is 78.6 Å². The molecular formula is C22H36O4. The predicted octanol–water partition coefficient (Wildman–Crippen LogP) is 4.92. The fraction of sp³-hybridized carbons (Fsp3) is 0.727. The Bertz CT molecular complexity index is 504. The number of aliphatic hydroxyl groups is 1. The summed E-state index contributed by atoms with van der Waals surface area (Å²) < 4.78 is 0. The summed E-state index contributed by atoms with van der Waals surface area (Å²) >= 11 is 0. The highest BCUT2D eigenvalue weighted by atomic mass is 16.4. The van der Waals surface area contributed by atoms with Crippen molar-refractivity contribution >= 4 is 11.8 Å². The highest BCUT2D eigenvalue weighted by Gasteiger charge is 2.29. The van der Waals surface area contributed by atoms with Gasteiger partial charge in [0.2, 0.25) is 0 Å². The van der Waals surface area contributed by atoms with Gasteiger partial charge in [-0.3, -0.25) is 9.59 Å². The zero-order chi connectivity index (χ0) is 19.6. The Hall–Kier alpha value is -1.42. The van der Waals surface area contributed by atoms with Crippen LogP contribution in [-0.2, 0) is 9.59 Å². The lowest BCUT2D eigenvalue weighted by atomic mass is 9.80. The molecule has 0 fully saturated rings. The van der Waals surface area contributed by atoms with Crippen LogP contribution in [0.2, 0.25) is 0 Å². The summed E-state index contributed by atoms with van der Waals surface area (Å²) in [4.78, 5) is 22.6. The van der Waals surface area contributed by atoms with Crippen molar-refractivity contribution in [1.29, 1.82) is 0 Å². The van der Waals surface area contributed by atoms with Crippen molar-refractivity contribution in [1.82, 2.24) is 0 Å². The molecule has 1 aliphatic carbocycles. The maximum Gasteiger partial charge on any atom is 0.303 e. The van der Waals surface area contributed by atoms with Gasteiger partial charge in [0, 0.05) is 18.3 Å². The van der Waals surface area contributed by atoms with Crippen LogP contribution in [0.4, 0.5) is 0 Å². The van der Waals surface area contributed by atoms with Crippen molar-refractivity contribution in [2.45, 2.75) is 84.7 Å². The third-order valence-electron chi connectivity index (χ3n) is 5.46. The van der Waals surface area contributed by atoms with E-state index < -0.39 is 12.1 Å². The highest BCUT2D eigenvalue weighted by molar-refractivity contribution is 5.94. The van der Waals surface area contributed by atoms with Crippen LogP contribution < -0.4 is 0 Å². The molecule has 4 heteroatoms. The first-order valence-electron chi connectivity index (χ1n) is 10.1. The number of hydrogen-bond donors (Lipinski definition) is 2. The monoisotopic (exact) mass is 364 g/mol. The average molecular weight is 365 g/mol. The van der Waals surface area contributed by atoms with E-state index in [1.54, 1.807) is 6.08 Å². The van der Waals surface area contributed by atoms with Crippen LogP contribution >= 0.6 is 0 Å². The minimum absolute atomic E-state index is 0.0309. The van der Waals surface area contributed by atoms with Gasteiger partial charge >= 0.3 is 5.97 Å². The van der Waals surface area contributed by atoms with Gasteiger partial charge < -0.3 is 10.2 Å². The van der Waals surface area contributed by atoms with Crippen LogP contribution in [0.5, 0.6) is 0 Å². The molecule has 0 aliphatic heterocycles. The maximum absolute atomic E-state index is 12.1. The lowest BCUT2D eigenvalue weighted by Crippen LogP contribution is -2.27. The number of rotatable bonds is 13. The van der Waals surface area contributed by atoms with E-state index in [1.807, 2.05) is 18.2 Å². The lowest BCUT2D eigenvalue weighted by Gasteiger charge is -2.29. The lowest BCUT2D eigenvalue weighted by molar-refractivity contribution is -0.137. The molecule has 0 radical (unpaired) electrons. The summed E-state index contributed by atoms with van der Waals surface area (Å²) in [5.41, 5.74) is -0.154. The van der Waals surface area contributed by atoms with Crippen LogP contribution in [0.15, 0.2) is 24.3 Å². The molecule has 0 heterocycles. The molecule has 0 aromatic heterocycles. The molecule has 0 unspecified atom stereocenters. The van der Waals surface area contributed by atoms with E-state index >= 15 is 0 Å². The highest BCUT2D eigenvalue weighted by Crippen LogP contribution is 2.32. The first kappa shape index (κ1) is 22.6. The van der Waals surface area contributed by atoms with E-state index in [1.165, 1.54) is 0 Å². The Morgan fingerprint density at radius 1 is 1.23 bits per heavy atom. The molecule has 1 aliphatic rings. The third-order valence-corrected chi connectivity index (χ3v) is 5.46. The van der Waals surface area contributed by atoms with E-state index in [4.69, 9.17) is 5.11 Å². The number of aliphatic hydroxyl groups excluding tert-OH is 1. The van der Waals surface area contributed by atoms with Gasteiger partial charge in [0.1, 0.15) is 0 Å². The topological polar surface area (TPSA) is 74.6 Å². The van der Waals surface area contributed by atoms with E-state index in [2.05, 4.69) is 20.8 Å². The van der Waals surface area contributed by atoms with Crippen molar-refractivity contribution in [3.63, 3.8) is 0 Å². The van der Waals surface area contributed by atoms with Gasteiger partial charge in [0.15, 0.2) is 5.78 Å². The molecule has 148 valence electrons. The largest absolute Gasteiger partial charge is 0.481 e. The molecule has 3 atom stereocenters. The predicted molar refractivity (Wildman–Crippen MR) is 105 cm³/mol. The Morgan fingerprint density at radius 3 is 2.58 bits per heavy atom. The number of ketones is 1. The Balaban J connectivity index is 2.45. The van der Waals surface area contributed by atoms with Crippen LogP contribution in [0, 0.1) is 17.3 Å². The first-order valence-corrected chi connectivity index (χ1v) is 10.1. The average Bonchev–Trinajstić information content (AvgIpc) is 2.93. The van der Waals surface area contributed by atoms with Gasteiger partial charge in [-0.1, -0.05) is 71.1 Å². The molecule has 0 bridgehead atoms. The molecule has 2 N–H and O–H groups in total. The maximum atomic E-state index is 12.1. The van der Waals surface area contributed by atoms with E-state index in [9.17, 15) is 14.7 Å². The number of aliphatic carboxylic acids is 1. The Kier molecular flexibility index (Phi) is 9.85. The summed E-state index contributed by atoms with van der Waals surface area (Å²) in [6.07, 6.45) is 14.7. The van der Waals surface area contributed by atoms with E-state index in [-0.39, 0.29) is 29.5 Å². The standard InChI is InChI=1S/C22H36O4/c1-4-5-16-22(2,3)20(24)15-13-17-12-14-19(23)18(17)10-8-6-7-9-11-21(25)26/h12-15,17-18,20,24H,4-11,16H2,1-3H3,(H,25,26)/b15-13+/t17-,18+,20+/m0/s1. The molecule has 0 spiro atoms. The minimum Gasteiger partial charge on any atom is -0.481 e. The Labute approximate surface area is 158 Å². The molecule has 4 nitrogen and oxygen atoms in total. The number of carbonyl (C=O) groups excluding carboxylic acids is 1. The number of carboxylic acids is 1. The van der Waals surface area contributed by atoms with Crippen molar-refractivity contribution in [2.24, 2.45) is 17.3 Å². The molecule has 1 rings (SSSR count). The minimum atomic E-state index is -0.745. The molecule has 0 saturated carbocycles. The van der Waals surface area contributed by atoms with Crippen molar-refractivity contribution < 1.29 is 19.8 Å². The number of hydrogen-bond acceptors (Lipinski definition) is 3. The summed E-state index contributed by atoms with van der Waals surface area (Å²) in [6, 6.07) is 0. The van der Waals surface area contributed by atoms with Gasteiger partial charge in [-0.15, -0.1) is 0 Å². The zero-order valence-electron chi connectivity index (χ0n) is 16.6. The summed E-state index contributed by atoms with van der Waals surface area (Å²) in [6.45, 7) is 6.32. The summed E-state index contributed by atoms with van der Waals surface area (Å²) in [5, 5.41) is 19.1. The first-order chi connectivity index (χ1) is 12.3. The second-order valence-electron chi connectivity index (χ2n) is 8.21.